The number of hydrogen-bond acceptors (Lipinski definition) is 5. The van der Waals surface area contributed by atoms with Crippen molar-refractivity contribution in [2.75, 3.05) is 13.1 Å². The SMILES string of the molecule is O=C(Oc1cccnc1)N1CCC(=C2c3ccc(Cl)cc3CCC3=C(O)C=CNC32)CC1. The van der Waals surface area contributed by atoms with Crippen molar-refractivity contribution in [2.24, 2.45) is 0 Å². The molecule has 2 aliphatic heterocycles. The number of piperidine rings is 1. The molecule has 7 heteroatoms. The van der Waals surface area contributed by atoms with Gasteiger partial charge in [-0.1, -0.05) is 23.2 Å². The van der Waals surface area contributed by atoms with Crippen LogP contribution in [0.15, 0.2) is 71.9 Å². The molecule has 1 saturated heterocycles. The van der Waals surface area contributed by atoms with Gasteiger partial charge in [0, 0.05) is 30.5 Å². The lowest BCUT2D eigenvalue weighted by molar-refractivity contribution is 0.148. The van der Waals surface area contributed by atoms with Crippen LogP contribution in [0.4, 0.5) is 4.79 Å². The van der Waals surface area contributed by atoms with Gasteiger partial charge in [-0.3, -0.25) is 4.98 Å². The third kappa shape index (κ3) is 3.98. The van der Waals surface area contributed by atoms with E-state index in [1.807, 2.05) is 18.3 Å². The number of aromatic nitrogens is 1. The minimum atomic E-state index is -0.355. The average molecular weight is 450 g/mol. The van der Waals surface area contributed by atoms with Crippen LogP contribution in [0, 0.1) is 0 Å². The van der Waals surface area contributed by atoms with Crippen LogP contribution in [-0.2, 0) is 6.42 Å². The summed E-state index contributed by atoms with van der Waals surface area (Å²) in [5, 5.41) is 14.7. The third-order valence-corrected chi connectivity index (χ3v) is 6.57. The number of aliphatic hydroxyl groups excluding tert-OH is 1. The molecule has 0 radical (unpaired) electrons. The Balaban J connectivity index is 1.44. The van der Waals surface area contributed by atoms with Crippen molar-refractivity contribution in [3.8, 4) is 5.75 Å². The van der Waals surface area contributed by atoms with Crippen molar-refractivity contribution < 1.29 is 14.6 Å². The molecule has 0 saturated carbocycles. The number of aliphatic hydroxyl groups is 1. The Hall–Kier alpha value is -3.25. The lowest BCUT2D eigenvalue weighted by Gasteiger charge is -2.33. The molecule has 2 N–H and O–H groups in total. The molecule has 1 aliphatic carbocycles. The molecule has 32 heavy (non-hydrogen) atoms. The lowest BCUT2D eigenvalue weighted by Crippen LogP contribution is -2.39. The Morgan fingerprint density at radius 1 is 1.19 bits per heavy atom. The van der Waals surface area contributed by atoms with Crippen molar-refractivity contribution in [1.82, 2.24) is 15.2 Å². The van der Waals surface area contributed by atoms with Gasteiger partial charge in [0.05, 0.1) is 12.2 Å². The summed E-state index contributed by atoms with van der Waals surface area (Å²) in [6.45, 7) is 1.16. The molecule has 3 aliphatic rings. The Labute approximate surface area is 191 Å². The van der Waals surface area contributed by atoms with E-state index in [4.69, 9.17) is 16.3 Å². The van der Waals surface area contributed by atoms with Crippen LogP contribution in [0.1, 0.15) is 30.4 Å². The number of nitrogens with zero attached hydrogens (tertiary/aromatic N) is 2. The first-order valence-electron chi connectivity index (χ1n) is 10.8. The molecule has 2 aromatic rings. The van der Waals surface area contributed by atoms with Gasteiger partial charge in [-0.15, -0.1) is 0 Å². The van der Waals surface area contributed by atoms with E-state index < -0.39 is 0 Å². The number of allylic oxidation sites excluding steroid dienone is 1. The summed E-state index contributed by atoms with van der Waals surface area (Å²) >= 11 is 6.30. The van der Waals surface area contributed by atoms with Gasteiger partial charge in [0.1, 0.15) is 5.76 Å². The van der Waals surface area contributed by atoms with E-state index in [1.54, 1.807) is 29.3 Å². The number of likely N-dealkylation sites (tertiary alicyclic amines) is 1. The second kappa shape index (κ2) is 8.71. The van der Waals surface area contributed by atoms with E-state index >= 15 is 0 Å². The fourth-order valence-corrected chi connectivity index (χ4v) is 4.96. The van der Waals surface area contributed by atoms with Gasteiger partial charge < -0.3 is 20.1 Å². The molecule has 1 aromatic heterocycles. The van der Waals surface area contributed by atoms with Crippen molar-refractivity contribution in [1.29, 1.82) is 0 Å². The number of fused-ring (bicyclic) bond motifs is 2. The molecule has 164 valence electrons. The first kappa shape index (κ1) is 20.6. The Morgan fingerprint density at radius 3 is 2.81 bits per heavy atom. The summed E-state index contributed by atoms with van der Waals surface area (Å²) in [4.78, 5) is 18.3. The zero-order valence-electron chi connectivity index (χ0n) is 17.6. The summed E-state index contributed by atoms with van der Waals surface area (Å²) in [7, 11) is 0. The molecule has 6 nitrogen and oxygen atoms in total. The topological polar surface area (TPSA) is 74.7 Å². The van der Waals surface area contributed by atoms with Crippen molar-refractivity contribution in [3.05, 3.63) is 88.1 Å². The first-order valence-corrected chi connectivity index (χ1v) is 11.2. The highest BCUT2D eigenvalue weighted by Crippen LogP contribution is 2.40. The van der Waals surface area contributed by atoms with Gasteiger partial charge in [0.15, 0.2) is 5.75 Å². The second-order valence-electron chi connectivity index (χ2n) is 8.21. The summed E-state index contributed by atoms with van der Waals surface area (Å²) in [6.07, 6.45) is 9.43. The number of rotatable bonds is 1. The zero-order chi connectivity index (χ0) is 22.1. The van der Waals surface area contributed by atoms with Gasteiger partial charge in [-0.25, -0.2) is 4.79 Å². The number of carbonyl (C=O) groups is 1. The fraction of sp³-hybridized carbons (Fsp3) is 0.280. The predicted octanol–water partition coefficient (Wildman–Crippen LogP) is 5.03. The van der Waals surface area contributed by atoms with Crippen LogP contribution in [0.3, 0.4) is 0 Å². The number of pyridine rings is 1. The first-order chi connectivity index (χ1) is 15.6. The number of dihydropyridines is 1. The number of benzene rings is 1. The summed E-state index contributed by atoms with van der Waals surface area (Å²) in [5.41, 5.74) is 5.85. The second-order valence-corrected chi connectivity index (χ2v) is 8.64. The van der Waals surface area contributed by atoms with Gasteiger partial charge in [0.2, 0.25) is 0 Å². The lowest BCUT2D eigenvalue weighted by atomic mass is 9.84. The average Bonchev–Trinajstić information content (AvgIpc) is 2.97. The minimum Gasteiger partial charge on any atom is -0.508 e. The summed E-state index contributed by atoms with van der Waals surface area (Å²) in [5.74, 6) is 0.780. The van der Waals surface area contributed by atoms with Crippen LogP contribution >= 0.6 is 11.6 Å². The van der Waals surface area contributed by atoms with Crippen molar-refractivity contribution >= 4 is 23.3 Å². The van der Waals surface area contributed by atoms with E-state index in [2.05, 4.69) is 16.4 Å². The number of aryl methyl sites for hydroxylation is 1. The quantitative estimate of drug-likeness (QED) is 0.638. The monoisotopic (exact) mass is 449 g/mol. The molecule has 5 rings (SSSR count). The smallest absolute Gasteiger partial charge is 0.415 e. The van der Waals surface area contributed by atoms with Gasteiger partial charge in [0.25, 0.3) is 0 Å². The largest absolute Gasteiger partial charge is 0.508 e. The molecule has 3 heterocycles. The Bertz CT molecular complexity index is 1130. The maximum atomic E-state index is 12.6. The highest BCUT2D eigenvalue weighted by Gasteiger charge is 2.32. The number of nitrogens with one attached hydrogen (secondary N) is 1. The molecule has 1 unspecified atom stereocenters. The van der Waals surface area contributed by atoms with Crippen LogP contribution in [0.25, 0.3) is 5.57 Å². The van der Waals surface area contributed by atoms with Crippen LogP contribution in [0.5, 0.6) is 5.75 Å². The number of halogens is 1. The molecule has 0 spiro atoms. The van der Waals surface area contributed by atoms with Crippen molar-refractivity contribution in [3.63, 3.8) is 0 Å². The molecule has 1 fully saturated rings. The third-order valence-electron chi connectivity index (χ3n) is 6.34. The van der Waals surface area contributed by atoms with E-state index in [0.29, 0.717) is 24.6 Å². The molecule has 1 amide bonds. The normalized spacial score (nSPS) is 20.3. The van der Waals surface area contributed by atoms with Gasteiger partial charge >= 0.3 is 6.09 Å². The molecule has 1 aromatic carbocycles. The van der Waals surface area contributed by atoms with E-state index in [-0.39, 0.29) is 12.1 Å². The maximum absolute atomic E-state index is 12.6. The summed E-state index contributed by atoms with van der Waals surface area (Å²) < 4.78 is 5.46. The van der Waals surface area contributed by atoms with E-state index in [0.717, 1.165) is 36.3 Å². The number of amides is 1. The maximum Gasteiger partial charge on any atom is 0.415 e. The molecule has 0 bridgehead atoms. The molecular weight excluding hydrogens is 426 g/mol. The van der Waals surface area contributed by atoms with Crippen LogP contribution in [0.2, 0.25) is 5.02 Å². The number of carbonyl (C=O) groups excluding carboxylic acids is 1. The molecular formula is C25H24ClN3O3. The zero-order valence-corrected chi connectivity index (χ0v) is 18.3. The van der Waals surface area contributed by atoms with Gasteiger partial charge in [-0.2, -0.15) is 0 Å². The number of hydrogen-bond donors (Lipinski definition) is 2. The van der Waals surface area contributed by atoms with Gasteiger partial charge in [-0.05, 0) is 78.3 Å². The summed E-state index contributed by atoms with van der Waals surface area (Å²) in [6, 6.07) is 9.42. The van der Waals surface area contributed by atoms with Crippen molar-refractivity contribution in [2.45, 2.75) is 31.7 Å². The Morgan fingerprint density at radius 2 is 2.03 bits per heavy atom. The van der Waals surface area contributed by atoms with E-state index in [1.165, 1.54) is 28.5 Å². The number of ether oxygens (including phenoxy) is 1. The minimum absolute atomic E-state index is 0.0775. The van der Waals surface area contributed by atoms with Crippen LogP contribution in [-0.4, -0.2) is 40.2 Å². The fourth-order valence-electron chi connectivity index (χ4n) is 4.76. The van der Waals surface area contributed by atoms with Crippen LogP contribution < -0.4 is 10.1 Å². The predicted molar refractivity (Wildman–Crippen MR) is 123 cm³/mol. The van der Waals surface area contributed by atoms with E-state index in [9.17, 15) is 9.90 Å². The Kier molecular flexibility index (Phi) is 5.62. The highest BCUT2D eigenvalue weighted by molar-refractivity contribution is 6.30. The molecule has 1 atom stereocenters. The standard InChI is InChI=1S/C25H24ClN3O3/c26-18-4-6-20-17(14-18)3-5-21-22(30)7-11-28-24(21)23(20)16-8-12-29(13-9-16)25(31)32-19-2-1-10-27-15-19/h1-2,4,6-7,10-11,14-15,24,28,30H,3,5,8-9,12-13H2. The highest BCUT2D eigenvalue weighted by atomic mass is 35.5.